The molecular formula is C2H3FeN5O6. The first-order chi connectivity index (χ1) is 5.96. The monoisotopic (exact) mass is 249 g/mol. The van der Waals surface area contributed by atoms with E-state index in [4.69, 9.17) is 30.6 Å². The van der Waals surface area contributed by atoms with E-state index < -0.39 is 10.2 Å². The van der Waals surface area contributed by atoms with Crippen LogP contribution in [0.2, 0.25) is 0 Å². The molecule has 12 heteroatoms. The summed E-state index contributed by atoms with van der Waals surface area (Å²) in [5.41, 5.74) is 0. The molecule has 1 heterocycles. The molecule has 14 heavy (non-hydrogen) atoms. The minimum absolute atomic E-state index is 0. The van der Waals surface area contributed by atoms with Crippen molar-refractivity contribution in [2.75, 3.05) is 0 Å². The Morgan fingerprint density at radius 1 is 1.07 bits per heavy atom. The van der Waals surface area contributed by atoms with Crippen LogP contribution in [0.3, 0.4) is 0 Å². The number of hydrogen-bond acceptors (Lipinski definition) is 8. The summed E-state index contributed by atoms with van der Waals surface area (Å²) in [6.07, 6.45) is 2.96. The van der Waals surface area contributed by atoms with Crippen LogP contribution in [0.15, 0.2) is 12.7 Å². The molecule has 0 amide bonds. The molecule has 11 nitrogen and oxygen atoms in total. The summed E-state index contributed by atoms with van der Waals surface area (Å²) in [6.45, 7) is 0. The second-order valence-corrected chi connectivity index (χ2v) is 1.10. The molecule has 0 fully saturated rings. The van der Waals surface area contributed by atoms with Crippen molar-refractivity contribution in [1.82, 2.24) is 15.2 Å². The van der Waals surface area contributed by atoms with Gasteiger partial charge in [-0.25, -0.2) is 4.98 Å². The predicted molar refractivity (Wildman–Crippen MR) is 37.1 cm³/mol. The molecular weight excluding hydrogens is 246 g/mol. The van der Waals surface area contributed by atoms with Crippen molar-refractivity contribution in [1.29, 1.82) is 0 Å². The van der Waals surface area contributed by atoms with Crippen LogP contribution in [0.4, 0.5) is 0 Å². The molecule has 0 aliphatic heterocycles. The molecule has 1 aromatic rings. The maximum Gasteiger partial charge on any atom is 2.00 e. The molecule has 0 spiro atoms. The fourth-order valence-corrected chi connectivity index (χ4v) is 0.167. The number of hydrogen-bond donors (Lipinski definition) is 1. The summed E-state index contributed by atoms with van der Waals surface area (Å²) in [5, 5.41) is 35.5. The fraction of sp³-hybridized carbons (Fsp3) is 0. The summed E-state index contributed by atoms with van der Waals surface area (Å²) in [7, 11) is 0. The molecule has 0 atom stereocenters. The van der Waals surface area contributed by atoms with Crippen molar-refractivity contribution in [3.63, 3.8) is 0 Å². The summed E-state index contributed by atoms with van der Waals surface area (Å²) in [5.74, 6) is 0. The van der Waals surface area contributed by atoms with Crippen LogP contribution in [-0.2, 0) is 17.1 Å². The Morgan fingerprint density at radius 2 is 1.43 bits per heavy atom. The quantitative estimate of drug-likeness (QED) is 0.357. The zero-order chi connectivity index (χ0) is 10.7. The number of H-pyrrole nitrogens is 1. The zero-order valence-electron chi connectivity index (χ0n) is 6.25. The average molecular weight is 249 g/mol. The Hall–Kier alpha value is -1.94. The second-order valence-electron chi connectivity index (χ2n) is 1.10. The summed E-state index contributed by atoms with van der Waals surface area (Å²) < 4.78 is 0. The Kier molecular flexibility index (Phi) is 17.5. The van der Waals surface area contributed by atoms with Crippen molar-refractivity contribution < 1.29 is 27.2 Å². The third-order valence-electron chi connectivity index (χ3n) is 0.331. The van der Waals surface area contributed by atoms with E-state index in [0.29, 0.717) is 0 Å². The largest absolute Gasteiger partial charge is 2.00 e. The smallest absolute Gasteiger partial charge is 0.356 e. The molecule has 0 radical (unpaired) electrons. The summed E-state index contributed by atoms with van der Waals surface area (Å²) in [4.78, 5) is 20.1. The molecule has 0 saturated carbocycles. The second kappa shape index (κ2) is 13.6. The molecule has 1 N–H and O–H groups in total. The van der Waals surface area contributed by atoms with Gasteiger partial charge in [-0.15, -0.1) is 0 Å². The van der Waals surface area contributed by atoms with Gasteiger partial charge in [-0.3, -0.25) is 5.10 Å². The van der Waals surface area contributed by atoms with E-state index in [-0.39, 0.29) is 17.1 Å². The van der Waals surface area contributed by atoms with Gasteiger partial charge in [0.15, 0.2) is 0 Å². The Morgan fingerprint density at radius 3 is 1.50 bits per heavy atom. The van der Waals surface area contributed by atoms with Gasteiger partial charge < -0.3 is 30.6 Å². The molecule has 0 aromatic carbocycles. The van der Waals surface area contributed by atoms with Gasteiger partial charge in [-0.2, -0.15) is 5.10 Å². The first-order valence-corrected chi connectivity index (χ1v) is 2.38. The topological polar surface area (TPSA) is 174 Å². The van der Waals surface area contributed by atoms with Crippen LogP contribution in [-0.4, -0.2) is 25.4 Å². The van der Waals surface area contributed by atoms with Gasteiger partial charge in [0, 0.05) is 0 Å². The van der Waals surface area contributed by atoms with Gasteiger partial charge in [0.2, 0.25) is 0 Å². The van der Waals surface area contributed by atoms with E-state index in [1.165, 1.54) is 12.7 Å². The summed E-state index contributed by atoms with van der Waals surface area (Å²) in [6, 6.07) is 0. The number of aromatic nitrogens is 3. The zero-order valence-corrected chi connectivity index (χ0v) is 7.35. The molecule has 0 aliphatic carbocycles. The minimum atomic E-state index is -1.75. The van der Waals surface area contributed by atoms with Crippen molar-refractivity contribution in [2.45, 2.75) is 0 Å². The van der Waals surface area contributed by atoms with Gasteiger partial charge in [0.05, 0.1) is 10.2 Å². The maximum absolute atomic E-state index is 8.25. The van der Waals surface area contributed by atoms with Crippen LogP contribution in [0.1, 0.15) is 0 Å². The van der Waals surface area contributed by atoms with E-state index in [1.807, 2.05) is 0 Å². The first kappa shape index (κ1) is 18.0. The molecule has 0 bridgehead atoms. The normalized spacial score (nSPS) is 6.29. The molecule has 80 valence electrons. The first-order valence-electron chi connectivity index (χ1n) is 2.38. The van der Waals surface area contributed by atoms with Crippen molar-refractivity contribution in [2.24, 2.45) is 0 Å². The van der Waals surface area contributed by atoms with E-state index in [1.54, 1.807) is 0 Å². The molecule has 0 aliphatic rings. The number of nitrogens with one attached hydrogen (secondary N) is 1. The fourth-order valence-electron chi connectivity index (χ4n) is 0.167. The van der Waals surface area contributed by atoms with Gasteiger partial charge >= 0.3 is 17.1 Å². The molecule has 1 aromatic heterocycles. The maximum atomic E-state index is 8.25. The van der Waals surface area contributed by atoms with Crippen molar-refractivity contribution in [3.8, 4) is 0 Å². The van der Waals surface area contributed by atoms with E-state index in [0.717, 1.165) is 0 Å². The molecule has 1 rings (SSSR count). The standard InChI is InChI=1S/C2H3N3.Fe.2NO3/c1-3-2-5-4-1;;2*2-1(3)4/h1-2H,(H,3,4,5);;;/q;+2;2*-1. The summed E-state index contributed by atoms with van der Waals surface area (Å²) >= 11 is 0. The van der Waals surface area contributed by atoms with Crippen LogP contribution < -0.4 is 0 Å². The van der Waals surface area contributed by atoms with Crippen LogP contribution in [0.25, 0.3) is 0 Å². The van der Waals surface area contributed by atoms with E-state index in [9.17, 15) is 0 Å². The number of aromatic amines is 1. The van der Waals surface area contributed by atoms with Gasteiger partial charge in [0.25, 0.3) is 0 Å². The minimum Gasteiger partial charge on any atom is -0.356 e. The SMILES string of the molecule is O=[N+]([O-])[O-].O=[N+]([O-])[O-].[Fe+2].c1nc[nH]n1. The molecule has 0 saturated heterocycles. The van der Waals surface area contributed by atoms with Crippen molar-refractivity contribution >= 4 is 0 Å². The van der Waals surface area contributed by atoms with Gasteiger partial charge in [0.1, 0.15) is 12.7 Å². The van der Waals surface area contributed by atoms with Crippen LogP contribution >= 0.6 is 0 Å². The Bertz CT molecular complexity index is 189. The van der Waals surface area contributed by atoms with Crippen molar-refractivity contribution in [3.05, 3.63) is 43.3 Å². The Balaban J connectivity index is -0.000000127. The number of rotatable bonds is 0. The van der Waals surface area contributed by atoms with E-state index in [2.05, 4.69) is 15.2 Å². The van der Waals surface area contributed by atoms with Gasteiger partial charge in [-0.1, -0.05) is 0 Å². The Labute approximate surface area is 86.5 Å². The van der Waals surface area contributed by atoms with Crippen LogP contribution in [0.5, 0.6) is 0 Å². The number of nitrogens with zero attached hydrogens (tertiary/aromatic N) is 4. The third kappa shape index (κ3) is 88.2. The average Bonchev–Trinajstić information content (AvgIpc) is 2.35. The predicted octanol–water partition coefficient (Wildman–Crippen LogP) is -0.676. The van der Waals surface area contributed by atoms with E-state index >= 15 is 0 Å². The molecule has 0 unspecified atom stereocenters. The van der Waals surface area contributed by atoms with Gasteiger partial charge in [-0.05, 0) is 0 Å². The van der Waals surface area contributed by atoms with Crippen LogP contribution in [0, 0.1) is 30.6 Å². The third-order valence-corrected chi connectivity index (χ3v) is 0.331.